The van der Waals surface area contributed by atoms with E-state index in [-0.39, 0.29) is 12.3 Å². The number of hydrogen-bond donors (Lipinski definition) is 2. The van der Waals surface area contributed by atoms with Crippen molar-refractivity contribution in [1.29, 1.82) is 0 Å². The Kier molecular flexibility index (Phi) is 6.26. The Bertz CT molecular complexity index is 3010. The summed E-state index contributed by atoms with van der Waals surface area (Å²) in [5, 5.41) is 14.5. The Balaban J connectivity index is 1.01. The molecule has 6 heteroatoms. The van der Waals surface area contributed by atoms with Gasteiger partial charge in [-0.25, -0.2) is 4.99 Å². The average molecular weight is 676 g/mol. The van der Waals surface area contributed by atoms with Gasteiger partial charge in [-0.15, -0.1) is 11.3 Å². The number of thiophene rings is 1. The molecule has 5 nitrogen and oxygen atoms in total. The van der Waals surface area contributed by atoms with Crippen LogP contribution in [-0.2, 0) is 0 Å². The lowest BCUT2D eigenvalue weighted by molar-refractivity contribution is 0.409. The molecule has 51 heavy (non-hydrogen) atoms. The fraction of sp³-hybridized carbons (Fsp3) is 0.0444. The van der Waals surface area contributed by atoms with Gasteiger partial charge in [-0.2, -0.15) is 0 Å². The predicted octanol–water partition coefficient (Wildman–Crippen LogP) is 11.9. The predicted molar refractivity (Wildman–Crippen MR) is 210 cm³/mol. The average Bonchev–Trinajstić information content (AvgIpc) is 3.88. The normalized spacial score (nSPS) is 16.4. The number of benzene rings is 7. The van der Waals surface area contributed by atoms with Gasteiger partial charge in [-0.1, -0.05) is 127 Å². The third kappa shape index (κ3) is 4.54. The van der Waals surface area contributed by atoms with E-state index in [1.54, 1.807) is 0 Å². The van der Waals surface area contributed by atoms with Crippen molar-refractivity contribution in [2.24, 2.45) is 4.99 Å². The summed E-state index contributed by atoms with van der Waals surface area (Å²) in [5.74, 6) is 0.853. The molecule has 0 amide bonds. The monoisotopic (exact) mass is 675 g/mol. The topological polar surface area (TPSA) is 62.7 Å². The van der Waals surface area contributed by atoms with Crippen molar-refractivity contribution >= 4 is 81.2 Å². The molecule has 2 N–H and O–H groups in total. The molecule has 7 aromatic carbocycles. The van der Waals surface area contributed by atoms with Gasteiger partial charge in [0.15, 0.2) is 0 Å². The van der Waals surface area contributed by atoms with Gasteiger partial charge in [0, 0.05) is 58.4 Å². The molecule has 0 fully saturated rings. The lowest BCUT2D eigenvalue weighted by Crippen LogP contribution is -2.44. The second-order valence-electron chi connectivity index (χ2n) is 13.2. The first-order chi connectivity index (χ1) is 25.2. The van der Waals surface area contributed by atoms with Crippen LogP contribution >= 0.6 is 11.3 Å². The summed E-state index contributed by atoms with van der Waals surface area (Å²) in [7, 11) is 0. The minimum absolute atomic E-state index is 0.174. The fourth-order valence-electron chi connectivity index (χ4n) is 7.72. The lowest BCUT2D eigenvalue weighted by atomic mass is 10.00. The SMILES string of the molecule is c1ccc(C2=NC(c3ccc4c(c3)oc3ccccc34)NC(c3ccc4c(c3)sc3c(-c5cccc6c5oc5ccccc56)cccc34)N2)cc1. The zero-order valence-electron chi connectivity index (χ0n) is 27.3. The van der Waals surface area contributed by atoms with E-state index < -0.39 is 0 Å². The van der Waals surface area contributed by atoms with E-state index in [2.05, 4.69) is 132 Å². The Hall–Kier alpha value is -6.21. The van der Waals surface area contributed by atoms with E-state index in [1.165, 1.54) is 25.7 Å². The maximum Gasteiger partial charge on any atom is 0.143 e. The van der Waals surface area contributed by atoms with Gasteiger partial charge in [0.1, 0.15) is 40.5 Å². The van der Waals surface area contributed by atoms with Crippen LogP contribution in [0.1, 0.15) is 29.0 Å². The van der Waals surface area contributed by atoms with Crippen LogP contribution in [0.25, 0.3) is 75.2 Å². The van der Waals surface area contributed by atoms with Crippen LogP contribution in [0, 0.1) is 0 Å². The van der Waals surface area contributed by atoms with E-state index in [0.717, 1.165) is 72.0 Å². The van der Waals surface area contributed by atoms with E-state index in [1.807, 2.05) is 41.7 Å². The molecule has 1 aliphatic heterocycles. The summed E-state index contributed by atoms with van der Waals surface area (Å²) >= 11 is 1.83. The highest BCUT2D eigenvalue weighted by Crippen LogP contribution is 2.44. The van der Waals surface area contributed by atoms with Gasteiger partial charge in [0.2, 0.25) is 0 Å². The molecular weight excluding hydrogens is 647 g/mol. The summed E-state index contributed by atoms with van der Waals surface area (Å²) < 4.78 is 15.2. The zero-order chi connectivity index (χ0) is 33.5. The van der Waals surface area contributed by atoms with Crippen molar-refractivity contribution in [3.05, 3.63) is 168 Å². The highest BCUT2D eigenvalue weighted by atomic mass is 32.1. The number of fused-ring (bicyclic) bond motifs is 9. The van der Waals surface area contributed by atoms with Gasteiger partial charge in [0.25, 0.3) is 0 Å². The van der Waals surface area contributed by atoms with Crippen molar-refractivity contribution in [2.45, 2.75) is 12.3 Å². The number of rotatable bonds is 4. The van der Waals surface area contributed by atoms with Crippen molar-refractivity contribution in [2.75, 3.05) is 0 Å². The van der Waals surface area contributed by atoms with Crippen molar-refractivity contribution in [3.63, 3.8) is 0 Å². The third-order valence-electron chi connectivity index (χ3n) is 10.2. The van der Waals surface area contributed by atoms with Crippen LogP contribution in [0.4, 0.5) is 0 Å². The lowest BCUT2D eigenvalue weighted by Gasteiger charge is -2.32. The molecule has 0 radical (unpaired) electrons. The highest BCUT2D eigenvalue weighted by Gasteiger charge is 2.27. The number of para-hydroxylation sites is 3. The summed E-state index contributed by atoms with van der Waals surface area (Å²) in [6, 6.07) is 53.2. The summed E-state index contributed by atoms with van der Waals surface area (Å²) in [4.78, 5) is 5.19. The van der Waals surface area contributed by atoms with E-state index >= 15 is 0 Å². The molecule has 11 rings (SSSR count). The van der Waals surface area contributed by atoms with Crippen molar-refractivity contribution in [1.82, 2.24) is 10.6 Å². The standard InChI is InChI=1S/C45H29N3O2S/c1-2-10-26(11-3-1)43-46-44(27-20-22-31-29-12-4-6-18-37(29)49-39(31)24-27)48-45(47-43)28-21-23-32-35-16-9-17-36(42(35)51-40(32)25-28)34-15-8-14-33-30-13-5-7-19-38(30)50-41(33)34/h1-25,44-45,48H,(H,46,47). The summed E-state index contributed by atoms with van der Waals surface area (Å²) in [6.07, 6.45) is -0.453. The number of amidine groups is 1. The molecule has 2 atom stereocenters. The largest absolute Gasteiger partial charge is 0.456 e. The van der Waals surface area contributed by atoms with Crippen LogP contribution in [-0.4, -0.2) is 5.84 Å². The number of hydrogen-bond acceptors (Lipinski definition) is 6. The minimum Gasteiger partial charge on any atom is -0.456 e. The molecule has 0 saturated carbocycles. The number of nitrogens with one attached hydrogen (secondary N) is 2. The molecule has 0 bridgehead atoms. The zero-order valence-corrected chi connectivity index (χ0v) is 28.1. The minimum atomic E-state index is -0.280. The molecule has 0 aliphatic carbocycles. The Labute approximate surface area is 296 Å². The Morgan fingerprint density at radius 1 is 0.510 bits per heavy atom. The number of aliphatic imine (C=N–C) groups is 1. The first-order valence-corrected chi connectivity index (χ1v) is 18.0. The van der Waals surface area contributed by atoms with Gasteiger partial charge in [0.05, 0.1) is 0 Å². The molecule has 10 aromatic rings. The highest BCUT2D eigenvalue weighted by molar-refractivity contribution is 7.26. The van der Waals surface area contributed by atoms with E-state index in [4.69, 9.17) is 13.8 Å². The van der Waals surface area contributed by atoms with Crippen LogP contribution in [0.5, 0.6) is 0 Å². The molecule has 0 spiro atoms. The Morgan fingerprint density at radius 2 is 1.18 bits per heavy atom. The maximum absolute atomic E-state index is 6.46. The third-order valence-corrected chi connectivity index (χ3v) is 11.4. The van der Waals surface area contributed by atoms with Gasteiger partial charge in [-0.3, -0.25) is 5.32 Å². The number of furan rings is 2. The van der Waals surface area contributed by atoms with Gasteiger partial charge in [-0.05, 0) is 35.4 Å². The van der Waals surface area contributed by atoms with E-state index in [9.17, 15) is 0 Å². The Morgan fingerprint density at radius 3 is 2.04 bits per heavy atom. The number of nitrogens with zero attached hydrogens (tertiary/aromatic N) is 1. The summed E-state index contributed by atoms with van der Waals surface area (Å²) in [6.45, 7) is 0. The molecular formula is C45H29N3O2S. The molecule has 242 valence electrons. The van der Waals surface area contributed by atoms with Crippen molar-refractivity contribution in [3.8, 4) is 11.1 Å². The second-order valence-corrected chi connectivity index (χ2v) is 14.2. The van der Waals surface area contributed by atoms with Gasteiger partial charge >= 0.3 is 0 Å². The first-order valence-electron chi connectivity index (χ1n) is 17.2. The second kappa shape index (κ2) is 11.2. The maximum atomic E-state index is 6.46. The molecule has 0 saturated heterocycles. The summed E-state index contributed by atoms with van der Waals surface area (Å²) in [5.41, 5.74) is 9.15. The fourth-order valence-corrected chi connectivity index (χ4v) is 9.00. The van der Waals surface area contributed by atoms with Crippen molar-refractivity contribution < 1.29 is 8.83 Å². The smallest absolute Gasteiger partial charge is 0.143 e. The molecule has 2 unspecified atom stereocenters. The van der Waals surface area contributed by atoms with Crippen LogP contribution in [0.2, 0.25) is 0 Å². The van der Waals surface area contributed by atoms with Crippen LogP contribution in [0.15, 0.2) is 165 Å². The van der Waals surface area contributed by atoms with Crippen LogP contribution < -0.4 is 10.6 Å². The van der Waals surface area contributed by atoms with E-state index in [0.29, 0.717) is 0 Å². The molecule has 3 aromatic heterocycles. The molecule has 4 heterocycles. The van der Waals surface area contributed by atoms with Gasteiger partial charge < -0.3 is 14.2 Å². The quantitative estimate of drug-likeness (QED) is 0.195. The first kappa shape index (κ1) is 28.6. The molecule has 1 aliphatic rings. The van der Waals surface area contributed by atoms with Crippen LogP contribution in [0.3, 0.4) is 0 Å².